The van der Waals surface area contributed by atoms with Crippen LogP contribution in [0.5, 0.6) is 0 Å². The van der Waals surface area contributed by atoms with E-state index in [9.17, 15) is 4.79 Å². The molecule has 0 saturated carbocycles. The number of carbonyl (C=O) groups is 1. The van der Waals surface area contributed by atoms with E-state index in [-0.39, 0.29) is 11.9 Å². The Morgan fingerprint density at radius 3 is 2.62 bits per heavy atom. The van der Waals surface area contributed by atoms with Crippen molar-refractivity contribution in [1.82, 2.24) is 5.32 Å². The molecule has 0 aromatic carbocycles. The summed E-state index contributed by atoms with van der Waals surface area (Å²) in [6.45, 7) is 4.82. The van der Waals surface area contributed by atoms with Crippen LogP contribution in [0.3, 0.4) is 0 Å². The third kappa shape index (κ3) is 9.34. The quantitative estimate of drug-likeness (QED) is 0.591. The molecule has 0 heterocycles. The lowest BCUT2D eigenvalue weighted by Gasteiger charge is -2.06. The van der Waals surface area contributed by atoms with Crippen LogP contribution < -0.4 is 11.1 Å². The number of carbonyl (C=O) groups excluding carboxylic acids is 1. The fraction of sp³-hybridized carbons (Fsp3) is 0.900. The smallest absolute Gasteiger partial charge is 0.221 e. The van der Waals surface area contributed by atoms with Crippen molar-refractivity contribution < 1.29 is 4.79 Å². The first-order chi connectivity index (χ1) is 6.16. The topological polar surface area (TPSA) is 55.1 Å². The van der Waals surface area contributed by atoms with Crippen molar-refractivity contribution >= 4 is 5.91 Å². The largest absolute Gasteiger partial charge is 0.356 e. The molecule has 0 spiro atoms. The molecule has 1 unspecified atom stereocenters. The molecule has 0 aliphatic rings. The van der Waals surface area contributed by atoms with Crippen LogP contribution >= 0.6 is 0 Å². The second kappa shape index (κ2) is 8.05. The summed E-state index contributed by atoms with van der Waals surface area (Å²) in [7, 11) is 0. The van der Waals surface area contributed by atoms with Gasteiger partial charge in [0.15, 0.2) is 0 Å². The van der Waals surface area contributed by atoms with Gasteiger partial charge in [0.05, 0.1) is 0 Å². The third-order valence-corrected chi connectivity index (χ3v) is 1.86. The minimum atomic E-state index is -0.0318. The monoisotopic (exact) mass is 186 g/mol. The van der Waals surface area contributed by atoms with E-state index in [1.54, 1.807) is 0 Å². The van der Waals surface area contributed by atoms with Crippen molar-refractivity contribution in [3.8, 4) is 0 Å². The van der Waals surface area contributed by atoms with E-state index >= 15 is 0 Å². The van der Waals surface area contributed by atoms with Gasteiger partial charge in [-0.2, -0.15) is 0 Å². The van der Waals surface area contributed by atoms with Crippen molar-refractivity contribution in [3.05, 3.63) is 0 Å². The molecule has 1 amide bonds. The van der Waals surface area contributed by atoms with E-state index in [4.69, 9.17) is 5.73 Å². The van der Waals surface area contributed by atoms with Crippen molar-refractivity contribution in [2.45, 2.75) is 52.0 Å². The molecule has 0 aliphatic carbocycles. The first kappa shape index (κ1) is 12.4. The third-order valence-electron chi connectivity index (χ3n) is 1.86. The highest BCUT2D eigenvalue weighted by Gasteiger charge is 2.02. The number of rotatable bonds is 7. The predicted molar refractivity (Wildman–Crippen MR) is 55.4 cm³/mol. The standard InChI is InChI=1S/C10H22N2O/c1-3-4-5-6-7-12-10(13)8-9(2)11/h9H,3-8,11H2,1-2H3,(H,12,13). The zero-order valence-electron chi connectivity index (χ0n) is 8.81. The van der Waals surface area contributed by atoms with Gasteiger partial charge < -0.3 is 11.1 Å². The minimum absolute atomic E-state index is 0.0318. The summed E-state index contributed by atoms with van der Waals surface area (Å²) in [6, 6.07) is -0.0318. The average Bonchev–Trinajstić information content (AvgIpc) is 2.02. The number of nitrogens with two attached hydrogens (primary N) is 1. The Morgan fingerprint density at radius 1 is 1.38 bits per heavy atom. The molecular formula is C10H22N2O. The summed E-state index contributed by atoms with van der Waals surface area (Å²) in [4.78, 5) is 11.1. The molecule has 78 valence electrons. The molecule has 0 aromatic rings. The second-order valence-electron chi connectivity index (χ2n) is 3.59. The number of unbranched alkanes of at least 4 members (excludes halogenated alkanes) is 3. The highest BCUT2D eigenvalue weighted by atomic mass is 16.1. The molecular weight excluding hydrogens is 164 g/mol. The van der Waals surface area contributed by atoms with Crippen molar-refractivity contribution in [1.29, 1.82) is 0 Å². The molecule has 0 aromatic heterocycles. The first-order valence-electron chi connectivity index (χ1n) is 5.19. The first-order valence-corrected chi connectivity index (χ1v) is 5.19. The predicted octanol–water partition coefficient (Wildman–Crippen LogP) is 1.42. The Hall–Kier alpha value is -0.570. The molecule has 0 rings (SSSR count). The molecule has 0 radical (unpaired) electrons. The fourth-order valence-corrected chi connectivity index (χ4v) is 1.14. The van der Waals surface area contributed by atoms with Gasteiger partial charge in [0.1, 0.15) is 0 Å². The summed E-state index contributed by atoms with van der Waals surface area (Å²) in [5.41, 5.74) is 5.48. The lowest BCUT2D eigenvalue weighted by atomic mass is 10.2. The average molecular weight is 186 g/mol. The maximum absolute atomic E-state index is 11.1. The van der Waals surface area contributed by atoms with Gasteiger partial charge in [-0.1, -0.05) is 26.2 Å². The molecule has 3 N–H and O–H groups in total. The maximum Gasteiger partial charge on any atom is 0.221 e. The van der Waals surface area contributed by atoms with Gasteiger partial charge in [-0.25, -0.2) is 0 Å². The normalized spacial score (nSPS) is 12.5. The number of nitrogens with one attached hydrogen (secondary N) is 1. The second-order valence-corrected chi connectivity index (χ2v) is 3.59. The van der Waals surface area contributed by atoms with Gasteiger partial charge in [0.25, 0.3) is 0 Å². The van der Waals surface area contributed by atoms with Crippen LogP contribution in [0.15, 0.2) is 0 Å². The Labute approximate surface area is 81.1 Å². The number of hydrogen-bond donors (Lipinski definition) is 2. The van der Waals surface area contributed by atoms with Crippen LogP contribution in [-0.2, 0) is 4.79 Å². The Morgan fingerprint density at radius 2 is 2.08 bits per heavy atom. The SMILES string of the molecule is CCCCCCNC(=O)CC(C)N. The lowest BCUT2D eigenvalue weighted by Crippen LogP contribution is -2.30. The summed E-state index contributed by atoms with van der Waals surface area (Å²) in [5.74, 6) is 0.0755. The summed E-state index contributed by atoms with van der Waals surface area (Å²) >= 11 is 0. The molecule has 0 saturated heterocycles. The van der Waals surface area contributed by atoms with Crippen LogP contribution in [0, 0.1) is 0 Å². The minimum Gasteiger partial charge on any atom is -0.356 e. The highest BCUT2D eigenvalue weighted by Crippen LogP contribution is 1.97. The fourth-order valence-electron chi connectivity index (χ4n) is 1.14. The summed E-state index contributed by atoms with van der Waals surface area (Å²) in [5, 5.41) is 2.85. The van der Waals surface area contributed by atoms with Gasteiger partial charge in [-0.3, -0.25) is 4.79 Å². The van der Waals surface area contributed by atoms with Gasteiger partial charge in [-0.05, 0) is 13.3 Å². The van der Waals surface area contributed by atoms with Gasteiger partial charge in [-0.15, -0.1) is 0 Å². The van der Waals surface area contributed by atoms with E-state index < -0.39 is 0 Å². The lowest BCUT2D eigenvalue weighted by molar-refractivity contribution is -0.121. The Bertz CT molecular complexity index is 135. The highest BCUT2D eigenvalue weighted by molar-refractivity contribution is 5.76. The molecule has 0 fully saturated rings. The molecule has 3 nitrogen and oxygen atoms in total. The Kier molecular flexibility index (Phi) is 7.69. The molecule has 0 aliphatic heterocycles. The van der Waals surface area contributed by atoms with Crippen LogP contribution in [0.2, 0.25) is 0 Å². The van der Waals surface area contributed by atoms with Crippen LogP contribution in [0.1, 0.15) is 46.0 Å². The van der Waals surface area contributed by atoms with Crippen molar-refractivity contribution in [2.75, 3.05) is 6.54 Å². The van der Waals surface area contributed by atoms with Crippen molar-refractivity contribution in [2.24, 2.45) is 5.73 Å². The molecule has 0 bridgehead atoms. The molecule has 1 atom stereocenters. The maximum atomic E-state index is 11.1. The molecule has 13 heavy (non-hydrogen) atoms. The van der Waals surface area contributed by atoms with Crippen LogP contribution in [0.4, 0.5) is 0 Å². The van der Waals surface area contributed by atoms with E-state index in [2.05, 4.69) is 12.2 Å². The van der Waals surface area contributed by atoms with E-state index in [1.807, 2.05) is 6.92 Å². The molecule has 3 heteroatoms. The van der Waals surface area contributed by atoms with E-state index in [0.717, 1.165) is 13.0 Å². The van der Waals surface area contributed by atoms with Gasteiger partial charge >= 0.3 is 0 Å². The Balaban J connectivity index is 3.17. The zero-order chi connectivity index (χ0) is 10.1. The van der Waals surface area contributed by atoms with Gasteiger partial charge in [0, 0.05) is 19.0 Å². The van der Waals surface area contributed by atoms with Crippen LogP contribution in [-0.4, -0.2) is 18.5 Å². The van der Waals surface area contributed by atoms with Gasteiger partial charge in [0.2, 0.25) is 5.91 Å². The number of amides is 1. The number of hydrogen-bond acceptors (Lipinski definition) is 2. The van der Waals surface area contributed by atoms with E-state index in [0.29, 0.717) is 6.42 Å². The summed E-state index contributed by atoms with van der Waals surface area (Å²) < 4.78 is 0. The van der Waals surface area contributed by atoms with Crippen LogP contribution in [0.25, 0.3) is 0 Å². The zero-order valence-corrected chi connectivity index (χ0v) is 8.81. The van der Waals surface area contributed by atoms with E-state index in [1.165, 1.54) is 19.3 Å². The van der Waals surface area contributed by atoms with Crippen molar-refractivity contribution in [3.63, 3.8) is 0 Å². The summed E-state index contributed by atoms with van der Waals surface area (Å²) in [6.07, 6.45) is 5.21.